The third kappa shape index (κ3) is 1.73. The summed E-state index contributed by atoms with van der Waals surface area (Å²) in [6, 6.07) is 10.1. The first-order chi connectivity index (χ1) is 5.77. The minimum atomic E-state index is -0.229. The average molecular weight is 198 g/mol. The maximum atomic E-state index is 12.7. The summed E-state index contributed by atoms with van der Waals surface area (Å²) >= 11 is 0. The normalized spacial score (nSPS) is 9.62. The van der Waals surface area contributed by atoms with Crippen LogP contribution in [0.25, 0.3) is 10.8 Å². The van der Waals surface area contributed by atoms with Crippen molar-refractivity contribution in [1.29, 1.82) is 0 Å². The Kier molecular flexibility index (Phi) is 2.73. The van der Waals surface area contributed by atoms with Crippen LogP contribution < -0.4 is 5.73 Å². The lowest BCUT2D eigenvalue weighted by Crippen LogP contribution is -1.86. The summed E-state index contributed by atoms with van der Waals surface area (Å²) in [4.78, 5) is 0. The summed E-state index contributed by atoms with van der Waals surface area (Å²) in [5.41, 5.74) is 6.37. The number of benzene rings is 2. The molecule has 2 rings (SSSR count). The van der Waals surface area contributed by atoms with Crippen LogP contribution in [0.1, 0.15) is 0 Å². The second kappa shape index (κ2) is 3.62. The molecule has 3 heteroatoms. The monoisotopic (exact) mass is 197 g/mol. The Morgan fingerprint density at radius 3 is 2.62 bits per heavy atom. The van der Waals surface area contributed by atoms with E-state index in [-0.39, 0.29) is 18.2 Å². The average Bonchev–Trinajstić information content (AvgIpc) is 2.04. The zero-order valence-corrected chi connectivity index (χ0v) is 7.64. The third-order valence-corrected chi connectivity index (χ3v) is 1.88. The molecule has 0 saturated heterocycles. The molecular weight excluding hydrogens is 189 g/mol. The lowest BCUT2D eigenvalue weighted by atomic mass is 10.1. The Labute approximate surface area is 81.8 Å². The molecule has 0 aliphatic carbocycles. The molecule has 0 amide bonds. The molecule has 0 unspecified atom stereocenters. The second-order valence-corrected chi connectivity index (χ2v) is 2.71. The molecule has 0 heterocycles. The van der Waals surface area contributed by atoms with Crippen molar-refractivity contribution in [2.24, 2.45) is 0 Å². The smallest absolute Gasteiger partial charge is 0.123 e. The van der Waals surface area contributed by atoms with Crippen LogP contribution in [0, 0.1) is 5.82 Å². The highest BCUT2D eigenvalue weighted by molar-refractivity contribution is 5.92. The number of rotatable bonds is 0. The Bertz CT molecular complexity index is 428. The van der Waals surface area contributed by atoms with Crippen LogP contribution in [0.15, 0.2) is 36.4 Å². The number of hydrogen-bond donors (Lipinski definition) is 1. The van der Waals surface area contributed by atoms with Gasteiger partial charge in [0.15, 0.2) is 0 Å². The molecular formula is C10H9ClFN. The van der Waals surface area contributed by atoms with Crippen molar-refractivity contribution in [1.82, 2.24) is 0 Å². The molecule has 0 fully saturated rings. The molecule has 0 aliphatic heterocycles. The molecule has 13 heavy (non-hydrogen) atoms. The zero-order valence-electron chi connectivity index (χ0n) is 6.83. The SMILES string of the molecule is Cl.Nc1cccc2cc(F)ccc12. The van der Waals surface area contributed by atoms with Crippen molar-refractivity contribution in [3.8, 4) is 0 Å². The van der Waals surface area contributed by atoms with Crippen LogP contribution in [0.2, 0.25) is 0 Å². The van der Waals surface area contributed by atoms with Crippen molar-refractivity contribution < 1.29 is 4.39 Å². The number of halogens is 2. The van der Waals surface area contributed by atoms with Crippen LogP contribution in [-0.4, -0.2) is 0 Å². The van der Waals surface area contributed by atoms with Gasteiger partial charge in [-0.05, 0) is 29.7 Å². The molecule has 0 atom stereocenters. The van der Waals surface area contributed by atoms with Gasteiger partial charge in [0.2, 0.25) is 0 Å². The predicted molar refractivity (Wildman–Crippen MR) is 55.6 cm³/mol. The van der Waals surface area contributed by atoms with E-state index in [1.165, 1.54) is 12.1 Å². The lowest BCUT2D eigenvalue weighted by molar-refractivity contribution is 0.630. The van der Waals surface area contributed by atoms with Gasteiger partial charge in [0, 0.05) is 11.1 Å². The highest BCUT2D eigenvalue weighted by Crippen LogP contribution is 2.20. The zero-order chi connectivity index (χ0) is 8.55. The fourth-order valence-electron chi connectivity index (χ4n) is 1.28. The van der Waals surface area contributed by atoms with Crippen LogP contribution in [0.5, 0.6) is 0 Å². The van der Waals surface area contributed by atoms with E-state index in [0.29, 0.717) is 5.69 Å². The minimum absolute atomic E-state index is 0. The van der Waals surface area contributed by atoms with Gasteiger partial charge in [0.25, 0.3) is 0 Å². The molecule has 2 aromatic rings. The van der Waals surface area contributed by atoms with Crippen molar-refractivity contribution in [2.45, 2.75) is 0 Å². The van der Waals surface area contributed by atoms with Crippen LogP contribution in [-0.2, 0) is 0 Å². The number of fused-ring (bicyclic) bond motifs is 1. The van der Waals surface area contributed by atoms with Gasteiger partial charge in [0.05, 0.1) is 0 Å². The van der Waals surface area contributed by atoms with Gasteiger partial charge in [-0.15, -0.1) is 12.4 Å². The molecule has 0 spiro atoms. The van der Waals surface area contributed by atoms with Gasteiger partial charge in [-0.1, -0.05) is 12.1 Å². The molecule has 2 aromatic carbocycles. The van der Waals surface area contributed by atoms with Gasteiger partial charge >= 0.3 is 0 Å². The number of nitrogens with two attached hydrogens (primary N) is 1. The van der Waals surface area contributed by atoms with Gasteiger partial charge in [-0.3, -0.25) is 0 Å². The van der Waals surface area contributed by atoms with Crippen molar-refractivity contribution >= 4 is 28.9 Å². The quantitative estimate of drug-likeness (QED) is 0.646. The van der Waals surface area contributed by atoms with Crippen LogP contribution in [0.4, 0.5) is 10.1 Å². The first kappa shape index (κ1) is 9.81. The maximum absolute atomic E-state index is 12.7. The Morgan fingerprint density at radius 2 is 1.85 bits per heavy atom. The first-order valence-corrected chi connectivity index (χ1v) is 3.71. The van der Waals surface area contributed by atoms with E-state index >= 15 is 0 Å². The first-order valence-electron chi connectivity index (χ1n) is 3.71. The third-order valence-electron chi connectivity index (χ3n) is 1.88. The molecule has 68 valence electrons. The Morgan fingerprint density at radius 1 is 1.08 bits per heavy atom. The Hall–Kier alpha value is -1.28. The number of hydrogen-bond acceptors (Lipinski definition) is 1. The Balaban J connectivity index is 0.000000845. The lowest BCUT2D eigenvalue weighted by Gasteiger charge is -2.00. The molecule has 0 aromatic heterocycles. The largest absolute Gasteiger partial charge is 0.398 e. The summed E-state index contributed by atoms with van der Waals surface area (Å²) in [5, 5.41) is 1.74. The molecule has 0 saturated carbocycles. The van der Waals surface area contributed by atoms with Gasteiger partial charge in [-0.2, -0.15) is 0 Å². The minimum Gasteiger partial charge on any atom is -0.398 e. The summed E-state index contributed by atoms with van der Waals surface area (Å²) in [6.45, 7) is 0. The predicted octanol–water partition coefficient (Wildman–Crippen LogP) is 2.98. The standard InChI is InChI=1S/C10H8FN.ClH/c11-8-4-5-9-7(6-8)2-1-3-10(9)12;/h1-6H,12H2;1H. The molecule has 1 nitrogen and oxygen atoms in total. The highest BCUT2D eigenvalue weighted by atomic mass is 35.5. The summed E-state index contributed by atoms with van der Waals surface area (Å²) in [7, 11) is 0. The second-order valence-electron chi connectivity index (χ2n) is 2.71. The van der Waals surface area contributed by atoms with Gasteiger partial charge < -0.3 is 5.73 Å². The van der Waals surface area contributed by atoms with E-state index in [9.17, 15) is 4.39 Å². The van der Waals surface area contributed by atoms with E-state index in [1.807, 2.05) is 12.1 Å². The van der Waals surface area contributed by atoms with Crippen molar-refractivity contribution in [3.63, 3.8) is 0 Å². The van der Waals surface area contributed by atoms with Crippen molar-refractivity contribution in [3.05, 3.63) is 42.2 Å². The molecule has 0 radical (unpaired) electrons. The van der Waals surface area contributed by atoms with Gasteiger partial charge in [0.1, 0.15) is 5.82 Å². The fourth-order valence-corrected chi connectivity index (χ4v) is 1.28. The topological polar surface area (TPSA) is 26.0 Å². The maximum Gasteiger partial charge on any atom is 0.123 e. The van der Waals surface area contributed by atoms with E-state index in [2.05, 4.69) is 0 Å². The highest BCUT2D eigenvalue weighted by Gasteiger charge is 1.97. The fraction of sp³-hybridized carbons (Fsp3) is 0. The van der Waals surface area contributed by atoms with Crippen LogP contribution in [0.3, 0.4) is 0 Å². The van der Waals surface area contributed by atoms with E-state index in [4.69, 9.17) is 5.73 Å². The van der Waals surface area contributed by atoms with E-state index in [1.54, 1.807) is 12.1 Å². The summed E-state index contributed by atoms with van der Waals surface area (Å²) in [5.74, 6) is -0.229. The summed E-state index contributed by atoms with van der Waals surface area (Å²) in [6.07, 6.45) is 0. The number of nitrogen functional groups attached to an aromatic ring is 1. The van der Waals surface area contributed by atoms with E-state index < -0.39 is 0 Å². The van der Waals surface area contributed by atoms with Gasteiger partial charge in [-0.25, -0.2) is 4.39 Å². The molecule has 2 N–H and O–H groups in total. The molecule has 0 aliphatic rings. The summed E-state index contributed by atoms with van der Waals surface area (Å²) < 4.78 is 12.7. The number of anilines is 1. The van der Waals surface area contributed by atoms with Crippen molar-refractivity contribution in [2.75, 3.05) is 5.73 Å². The van der Waals surface area contributed by atoms with Crippen LogP contribution >= 0.6 is 12.4 Å². The van der Waals surface area contributed by atoms with E-state index in [0.717, 1.165) is 10.8 Å². The molecule has 0 bridgehead atoms.